The predicted octanol–water partition coefficient (Wildman–Crippen LogP) is 2.71. The highest BCUT2D eigenvalue weighted by molar-refractivity contribution is 5.85. The molecule has 2 aliphatic rings. The molecule has 8 heteroatoms. The Hall–Kier alpha value is -1.08. The normalized spacial score (nSPS) is 28.4. The first-order valence-electron chi connectivity index (χ1n) is 8.25. The molecule has 0 radical (unpaired) electrons. The summed E-state index contributed by atoms with van der Waals surface area (Å²) in [6, 6.07) is 5.43. The van der Waals surface area contributed by atoms with E-state index in [-0.39, 0.29) is 24.8 Å². The zero-order chi connectivity index (χ0) is 15.4. The lowest BCUT2D eigenvalue weighted by Gasteiger charge is -2.15. The van der Waals surface area contributed by atoms with Crippen molar-refractivity contribution >= 4 is 24.8 Å². The third-order valence-corrected chi connectivity index (χ3v) is 4.79. The number of halogens is 2. The van der Waals surface area contributed by atoms with Crippen LogP contribution in [0.15, 0.2) is 36.9 Å². The lowest BCUT2D eigenvalue weighted by molar-refractivity contribution is 0.421. The Balaban J connectivity index is 0.000000222. The molecule has 4 N–H and O–H groups in total. The van der Waals surface area contributed by atoms with Crippen LogP contribution in [0.4, 0.5) is 0 Å². The maximum atomic E-state index is 5.91. The number of hydrogen-bond acceptors (Lipinski definition) is 4. The molecule has 0 amide bonds. The van der Waals surface area contributed by atoms with E-state index in [2.05, 4.69) is 10.2 Å². The van der Waals surface area contributed by atoms with E-state index in [9.17, 15) is 0 Å². The van der Waals surface area contributed by atoms with Crippen molar-refractivity contribution in [1.82, 2.24) is 19.6 Å². The number of rotatable bonds is 2. The molecule has 0 unspecified atom stereocenters. The van der Waals surface area contributed by atoms with Crippen LogP contribution in [-0.4, -0.2) is 31.6 Å². The van der Waals surface area contributed by atoms with Crippen molar-refractivity contribution < 1.29 is 0 Å². The highest BCUT2D eigenvalue weighted by atomic mass is 35.5. The van der Waals surface area contributed by atoms with Crippen LogP contribution in [0.1, 0.15) is 50.6 Å². The lowest BCUT2D eigenvalue weighted by atomic mass is 10.2. The van der Waals surface area contributed by atoms with Gasteiger partial charge in [0.15, 0.2) is 0 Å². The molecular weight excluding hydrogens is 347 g/mol. The fraction of sp³-hybridized carbons (Fsp3) is 0.625. The molecular formula is C16H28Cl2N6. The summed E-state index contributed by atoms with van der Waals surface area (Å²) in [5.74, 6) is 0. The fourth-order valence-electron chi connectivity index (χ4n) is 3.55. The quantitative estimate of drug-likeness (QED) is 0.845. The molecule has 2 aromatic heterocycles. The topological polar surface area (TPSA) is 87.7 Å². The Morgan fingerprint density at radius 2 is 1.12 bits per heavy atom. The first-order chi connectivity index (χ1) is 10.8. The van der Waals surface area contributed by atoms with Crippen LogP contribution in [0.25, 0.3) is 0 Å². The highest BCUT2D eigenvalue weighted by Gasteiger charge is 2.25. The first kappa shape index (κ1) is 21.0. The van der Waals surface area contributed by atoms with Gasteiger partial charge in [0, 0.05) is 36.9 Å². The van der Waals surface area contributed by atoms with Crippen LogP contribution in [0.3, 0.4) is 0 Å². The SMILES string of the molecule is Cl.Cl.N[C@@H]1CCC[C@H]1n1cccn1.N[C@H]1CCC[C@@H]1n1cccn1. The monoisotopic (exact) mass is 374 g/mol. The molecule has 6 nitrogen and oxygen atoms in total. The second kappa shape index (κ2) is 10.0. The maximum Gasteiger partial charge on any atom is 0.0670 e. The molecule has 0 bridgehead atoms. The molecule has 0 saturated heterocycles. The van der Waals surface area contributed by atoms with Crippen molar-refractivity contribution in [2.24, 2.45) is 11.5 Å². The molecule has 0 aliphatic heterocycles. The predicted molar refractivity (Wildman–Crippen MR) is 101 cm³/mol. The Labute approximate surface area is 155 Å². The Bertz CT molecular complexity index is 495. The van der Waals surface area contributed by atoms with Crippen LogP contribution in [0.5, 0.6) is 0 Å². The van der Waals surface area contributed by atoms with Gasteiger partial charge < -0.3 is 11.5 Å². The molecule has 0 spiro atoms. The Kier molecular flexibility index (Phi) is 8.76. The van der Waals surface area contributed by atoms with Crippen LogP contribution < -0.4 is 11.5 Å². The summed E-state index contributed by atoms with van der Waals surface area (Å²) in [6.45, 7) is 0. The minimum atomic E-state index is 0. The van der Waals surface area contributed by atoms with Gasteiger partial charge in [0.1, 0.15) is 0 Å². The van der Waals surface area contributed by atoms with E-state index in [1.165, 1.54) is 25.7 Å². The minimum Gasteiger partial charge on any atom is -0.326 e. The molecule has 2 saturated carbocycles. The largest absolute Gasteiger partial charge is 0.326 e. The molecule has 0 aromatic carbocycles. The summed E-state index contributed by atoms with van der Waals surface area (Å²) in [5.41, 5.74) is 11.8. The van der Waals surface area contributed by atoms with Gasteiger partial charge in [-0.15, -0.1) is 24.8 Å². The summed E-state index contributed by atoms with van der Waals surface area (Å²) in [5, 5.41) is 8.37. The maximum absolute atomic E-state index is 5.91. The zero-order valence-electron chi connectivity index (χ0n) is 13.8. The van der Waals surface area contributed by atoms with Crippen molar-refractivity contribution in [1.29, 1.82) is 0 Å². The van der Waals surface area contributed by atoms with Crippen LogP contribution in [0, 0.1) is 0 Å². The standard InChI is InChI=1S/2C8H13N3.2ClH/c2*9-7-3-1-4-8(7)11-6-2-5-10-11;;/h2*2,5-8H,1,3-4,9H2;2*1H/t2*7-,8-;;/m10../s1. The van der Waals surface area contributed by atoms with Crippen molar-refractivity contribution in [3.8, 4) is 0 Å². The molecule has 2 heterocycles. The third kappa shape index (κ3) is 4.96. The summed E-state index contributed by atoms with van der Waals surface area (Å²) >= 11 is 0. The van der Waals surface area contributed by atoms with Crippen LogP contribution in [0.2, 0.25) is 0 Å². The molecule has 24 heavy (non-hydrogen) atoms. The molecule has 2 fully saturated rings. The number of aromatic nitrogens is 4. The number of nitrogens with two attached hydrogens (primary N) is 2. The van der Waals surface area contributed by atoms with Gasteiger partial charge in [0.05, 0.1) is 12.1 Å². The van der Waals surface area contributed by atoms with Crippen molar-refractivity contribution in [3.05, 3.63) is 36.9 Å². The highest BCUT2D eigenvalue weighted by Crippen LogP contribution is 2.28. The third-order valence-electron chi connectivity index (χ3n) is 4.79. The second-order valence-electron chi connectivity index (χ2n) is 6.30. The van der Waals surface area contributed by atoms with E-state index in [4.69, 9.17) is 11.5 Å². The molecule has 4 rings (SSSR count). The lowest BCUT2D eigenvalue weighted by Crippen LogP contribution is -2.27. The summed E-state index contributed by atoms with van der Waals surface area (Å²) < 4.78 is 3.97. The van der Waals surface area contributed by atoms with Gasteiger partial charge in [-0.2, -0.15) is 10.2 Å². The summed E-state index contributed by atoms with van der Waals surface area (Å²) in [4.78, 5) is 0. The van der Waals surface area contributed by atoms with Gasteiger partial charge in [-0.3, -0.25) is 9.36 Å². The van der Waals surface area contributed by atoms with E-state index in [1.54, 1.807) is 0 Å². The summed E-state index contributed by atoms with van der Waals surface area (Å²) in [7, 11) is 0. The minimum absolute atomic E-state index is 0. The fourth-order valence-corrected chi connectivity index (χ4v) is 3.55. The van der Waals surface area contributed by atoms with Gasteiger partial charge >= 0.3 is 0 Å². The van der Waals surface area contributed by atoms with Crippen LogP contribution in [-0.2, 0) is 0 Å². The van der Waals surface area contributed by atoms with Gasteiger partial charge in [-0.1, -0.05) is 0 Å². The van der Waals surface area contributed by atoms with Gasteiger partial charge in [0.25, 0.3) is 0 Å². The van der Waals surface area contributed by atoms with Gasteiger partial charge in [-0.05, 0) is 50.7 Å². The van der Waals surface area contributed by atoms with Crippen molar-refractivity contribution in [2.75, 3.05) is 0 Å². The smallest absolute Gasteiger partial charge is 0.0670 e. The van der Waals surface area contributed by atoms with E-state index in [1.807, 2.05) is 46.3 Å². The first-order valence-corrected chi connectivity index (χ1v) is 8.25. The van der Waals surface area contributed by atoms with E-state index in [0.717, 1.165) is 12.8 Å². The average Bonchev–Trinajstić information content (AvgIpc) is 3.27. The summed E-state index contributed by atoms with van der Waals surface area (Å²) in [6.07, 6.45) is 14.7. The number of hydrogen-bond donors (Lipinski definition) is 2. The van der Waals surface area contributed by atoms with Gasteiger partial charge in [0.2, 0.25) is 0 Å². The molecule has 2 aromatic rings. The Morgan fingerprint density at radius 3 is 1.38 bits per heavy atom. The van der Waals surface area contributed by atoms with Crippen molar-refractivity contribution in [3.63, 3.8) is 0 Å². The molecule has 2 aliphatic carbocycles. The average molecular weight is 375 g/mol. The van der Waals surface area contributed by atoms with Crippen molar-refractivity contribution in [2.45, 2.75) is 62.7 Å². The van der Waals surface area contributed by atoms with Crippen LogP contribution >= 0.6 is 24.8 Å². The molecule has 4 atom stereocenters. The van der Waals surface area contributed by atoms with E-state index >= 15 is 0 Å². The van der Waals surface area contributed by atoms with E-state index in [0.29, 0.717) is 24.2 Å². The molecule has 136 valence electrons. The Morgan fingerprint density at radius 1 is 0.708 bits per heavy atom. The van der Waals surface area contributed by atoms with Gasteiger partial charge in [-0.25, -0.2) is 0 Å². The second-order valence-corrected chi connectivity index (χ2v) is 6.30. The number of nitrogens with zero attached hydrogens (tertiary/aromatic N) is 4. The van der Waals surface area contributed by atoms with E-state index < -0.39 is 0 Å². The zero-order valence-corrected chi connectivity index (χ0v) is 15.4.